The normalized spacial score (nSPS) is 10.5. The minimum absolute atomic E-state index is 0. The lowest BCUT2D eigenvalue weighted by Crippen LogP contribution is -2.40. The summed E-state index contributed by atoms with van der Waals surface area (Å²) in [7, 11) is 1.36. The molecule has 0 unspecified atom stereocenters. The third-order valence-corrected chi connectivity index (χ3v) is 2.91. The van der Waals surface area contributed by atoms with Crippen molar-refractivity contribution in [3.05, 3.63) is 0 Å². The molecular weight excluding hydrogens is 399 g/mol. The number of nitrogens with zero attached hydrogens (tertiary/aromatic N) is 2. The van der Waals surface area contributed by atoms with Crippen molar-refractivity contribution in [2.45, 2.75) is 33.6 Å². The van der Waals surface area contributed by atoms with Crippen molar-refractivity contribution in [2.24, 2.45) is 4.99 Å². The molecule has 0 fully saturated rings. The highest BCUT2D eigenvalue weighted by Crippen LogP contribution is 1.93. The first-order valence-corrected chi connectivity index (χ1v) is 7.45. The number of hydrogen-bond acceptors (Lipinski definition) is 4. The number of amides is 1. The summed E-state index contributed by atoms with van der Waals surface area (Å²) in [6, 6.07) is 0. The molecule has 8 heteroatoms. The minimum atomic E-state index is -0.286. The number of methoxy groups -OCH3 is 1. The second-order valence-electron chi connectivity index (χ2n) is 4.33. The number of rotatable bonds is 9. The van der Waals surface area contributed by atoms with Crippen LogP contribution in [0.25, 0.3) is 0 Å². The van der Waals surface area contributed by atoms with Gasteiger partial charge in [0.1, 0.15) is 0 Å². The molecule has 0 saturated carbocycles. The molecule has 0 bridgehead atoms. The molecule has 1 amide bonds. The van der Waals surface area contributed by atoms with Gasteiger partial charge in [-0.25, -0.2) is 0 Å². The maximum absolute atomic E-state index is 11.9. The van der Waals surface area contributed by atoms with Gasteiger partial charge in [0.15, 0.2) is 5.96 Å². The monoisotopic (exact) mass is 428 g/mol. The molecule has 0 radical (unpaired) electrons. The van der Waals surface area contributed by atoms with Gasteiger partial charge in [0, 0.05) is 32.6 Å². The topological polar surface area (TPSA) is 83.0 Å². The largest absolute Gasteiger partial charge is 0.469 e. The lowest BCUT2D eigenvalue weighted by molar-refractivity contribution is -0.140. The number of guanidine groups is 1. The highest BCUT2D eigenvalue weighted by molar-refractivity contribution is 14.0. The van der Waals surface area contributed by atoms with Crippen molar-refractivity contribution in [2.75, 3.05) is 39.8 Å². The van der Waals surface area contributed by atoms with Crippen LogP contribution < -0.4 is 10.6 Å². The molecule has 0 aromatic heterocycles. The number of aliphatic imine (C=N–C) groups is 1. The van der Waals surface area contributed by atoms with E-state index in [4.69, 9.17) is 0 Å². The molecule has 0 aliphatic heterocycles. The summed E-state index contributed by atoms with van der Waals surface area (Å²) in [5, 5.41) is 6.15. The fraction of sp³-hybridized carbons (Fsp3) is 0.786. The van der Waals surface area contributed by atoms with Crippen molar-refractivity contribution in [3.63, 3.8) is 0 Å². The molecule has 0 atom stereocenters. The molecule has 0 aliphatic rings. The second kappa shape index (κ2) is 14.9. The van der Waals surface area contributed by atoms with Crippen LogP contribution in [0.3, 0.4) is 0 Å². The number of ether oxygens (including phenoxy) is 1. The summed E-state index contributed by atoms with van der Waals surface area (Å²) in [4.78, 5) is 28.9. The maximum atomic E-state index is 11.9. The van der Waals surface area contributed by atoms with Crippen LogP contribution in [0.1, 0.15) is 33.6 Å². The minimum Gasteiger partial charge on any atom is -0.469 e. The molecule has 0 spiro atoms. The van der Waals surface area contributed by atoms with Gasteiger partial charge in [0.2, 0.25) is 5.91 Å². The summed E-state index contributed by atoms with van der Waals surface area (Å²) < 4.78 is 4.56. The third kappa shape index (κ3) is 10.6. The van der Waals surface area contributed by atoms with Crippen molar-refractivity contribution in [1.82, 2.24) is 15.5 Å². The Morgan fingerprint density at radius 3 is 2.23 bits per heavy atom. The summed E-state index contributed by atoms with van der Waals surface area (Å²) in [5.74, 6) is 0.443. The van der Waals surface area contributed by atoms with E-state index in [0.29, 0.717) is 32.0 Å². The van der Waals surface area contributed by atoms with Crippen LogP contribution in [0.5, 0.6) is 0 Å². The summed E-state index contributed by atoms with van der Waals surface area (Å²) in [6.45, 7) is 8.92. The Morgan fingerprint density at radius 1 is 1.09 bits per heavy atom. The van der Waals surface area contributed by atoms with E-state index in [-0.39, 0.29) is 42.3 Å². The van der Waals surface area contributed by atoms with Crippen LogP contribution in [0.2, 0.25) is 0 Å². The van der Waals surface area contributed by atoms with Crippen LogP contribution in [0.4, 0.5) is 0 Å². The van der Waals surface area contributed by atoms with Crippen LogP contribution in [-0.2, 0) is 14.3 Å². The van der Waals surface area contributed by atoms with Gasteiger partial charge in [-0.3, -0.25) is 14.6 Å². The van der Waals surface area contributed by atoms with Gasteiger partial charge < -0.3 is 20.3 Å². The molecule has 0 aromatic rings. The van der Waals surface area contributed by atoms with E-state index in [0.717, 1.165) is 13.1 Å². The van der Waals surface area contributed by atoms with Gasteiger partial charge in [-0.05, 0) is 20.8 Å². The highest BCUT2D eigenvalue weighted by atomic mass is 127. The zero-order valence-electron chi connectivity index (χ0n) is 14.0. The van der Waals surface area contributed by atoms with Crippen LogP contribution in [-0.4, -0.2) is 62.6 Å². The van der Waals surface area contributed by atoms with E-state index in [1.807, 2.05) is 20.8 Å². The second-order valence-corrected chi connectivity index (χ2v) is 4.33. The summed E-state index contributed by atoms with van der Waals surface area (Å²) >= 11 is 0. The van der Waals surface area contributed by atoms with Gasteiger partial charge in [-0.2, -0.15) is 0 Å². The van der Waals surface area contributed by atoms with Crippen molar-refractivity contribution in [1.29, 1.82) is 0 Å². The zero-order valence-corrected chi connectivity index (χ0v) is 16.3. The molecular formula is C14H29IN4O3. The Bertz CT molecular complexity index is 347. The molecule has 2 N–H and O–H groups in total. The van der Waals surface area contributed by atoms with Crippen LogP contribution in [0, 0.1) is 0 Å². The van der Waals surface area contributed by atoms with E-state index in [1.165, 1.54) is 7.11 Å². The predicted molar refractivity (Wildman–Crippen MR) is 98.6 cm³/mol. The average Bonchev–Trinajstić information content (AvgIpc) is 2.48. The van der Waals surface area contributed by atoms with Gasteiger partial charge in [0.25, 0.3) is 0 Å². The molecule has 0 heterocycles. The first-order valence-electron chi connectivity index (χ1n) is 7.45. The van der Waals surface area contributed by atoms with E-state index in [1.54, 1.807) is 4.90 Å². The molecule has 0 aliphatic carbocycles. The lowest BCUT2D eigenvalue weighted by atomic mass is 10.3. The first kappa shape index (κ1) is 23.2. The fourth-order valence-electron chi connectivity index (χ4n) is 1.73. The molecule has 0 rings (SSSR count). The summed E-state index contributed by atoms with van der Waals surface area (Å²) in [6.07, 6.45) is 0.661. The molecule has 7 nitrogen and oxygen atoms in total. The fourth-order valence-corrected chi connectivity index (χ4v) is 1.73. The van der Waals surface area contributed by atoms with Gasteiger partial charge in [-0.1, -0.05) is 0 Å². The van der Waals surface area contributed by atoms with Gasteiger partial charge in [0.05, 0.1) is 20.1 Å². The number of esters is 1. The molecule has 22 heavy (non-hydrogen) atoms. The van der Waals surface area contributed by atoms with Gasteiger partial charge >= 0.3 is 5.97 Å². The van der Waals surface area contributed by atoms with Crippen molar-refractivity contribution < 1.29 is 14.3 Å². The Hall–Kier alpha value is -1.06. The van der Waals surface area contributed by atoms with Crippen LogP contribution in [0.15, 0.2) is 4.99 Å². The third-order valence-electron chi connectivity index (χ3n) is 2.91. The van der Waals surface area contributed by atoms with Crippen molar-refractivity contribution >= 4 is 41.8 Å². The number of halogens is 1. The van der Waals surface area contributed by atoms with E-state index in [2.05, 4.69) is 20.4 Å². The smallest absolute Gasteiger partial charge is 0.307 e. The number of hydrogen-bond donors (Lipinski definition) is 2. The Balaban J connectivity index is 0. The Morgan fingerprint density at radius 2 is 1.73 bits per heavy atom. The predicted octanol–water partition coefficient (Wildman–Crippen LogP) is 0.981. The SMILES string of the molecule is CCNC(=NCCC(=O)OC)NCCC(=O)N(CC)CC.I. The average molecular weight is 428 g/mol. The van der Waals surface area contributed by atoms with E-state index < -0.39 is 0 Å². The first-order chi connectivity index (χ1) is 10.1. The number of nitrogens with one attached hydrogen (secondary N) is 2. The molecule has 0 aromatic carbocycles. The van der Waals surface area contributed by atoms with Gasteiger partial charge in [-0.15, -0.1) is 24.0 Å². The standard InChI is InChI=1S/C14H28N4O3.HI/c1-5-15-14(17-11-9-13(20)21-4)16-10-8-12(19)18(6-2)7-3;/h5-11H2,1-4H3,(H2,15,16,17);1H. The number of carbonyl (C=O) groups is 2. The number of carbonyl (C=O) groups excluding carboxylic acids is 2. The Labute approximate surface area is 150 Å². The molecule has 130 valence electrons. The zero-order chi connectivity index (χ0) is 16.1. The highest BCUT2D eigenvalue weighted by Gasteiger charge is 2.09. The van der Waals surface area contributed by atoms with E-state index in [9.17, 15) is 9.59 Å². The quantitative estimate of drug-likeness (QED) is 0.248. The molecule has 0 saturated heterocycles. The van der Waals surface area contributed by atoms with Crippen LogP contribution >= 0.6 is 24.0 Å². The van der Waals surface area contributed by atoms with E-state index >= 15 is 0 Å². The summed E-state index contributed by atoms with van der Waals surface area (Å²) in [5.41, 5.74) is 0. The lowest BCUT2D eigenvalue weighted by Gasteiger charge is -2.19. The Kier molecular flexibility index (Phi) is 15.7. The van der Waals surface area contributed by atoms with Crippen molar-refractivity contribution in [3.8, 4) is 0 Å². The maximum Gasteiger partial charge on any atom is 0.307 e.